The molecule has 0 radical (unpaired) electrons. The van der Waals surface area contributed by atoms with E-state index in [9.17, 15) is 4.79 Å². The maximum atomic E-state index is 12.5. The third-order valence-electron chi connectivity index (χ3n) is 6.17. The van der Waals surface area contributed by atoms with Crippen LogP contribution in [-0.2, 0) is 4.79 Å². The number of ether oxygens (including phenoxy) is 2. The Morgan fingerprint density at radius 1 is 0.812 bits per heavy atom. The van der Waals surface area contributed by atoms with Crippen LogP contribution >= 0.6 is 0 Å². The normalized spacial score (nSPS) is 17.8. The van der Waals surface area contributed by atoms with Gasteiger partial charge < -0.3 is 9.47 Å². The Kier molecular flexibility index (Phi) is 9.69. The standard InChI is InChI=1S/C29H36O3/c1-3-5-6-22-31-27-18-12-24(13-19-27)8-9-25-14-20-28(21-15-25)32-29(30)26-16-10-23(7-4-2)11-17-26/h12-15,18-21,23,26H,3-7,10-11,16-17,22H2,1-2H3. The maximum absolute atomic E-state index is 12.5. The molecule has 0 aliphatic heterocycles. The van der Waals surface area contributed by atoms with Crippen LogP contribution in [0.1, 0.15) is 82.8 Å². The summed E-state index contributed by atoms with van der Waals surface area (Å²) in [5.41, 5.74) is 1.84. The van der Waals surface area contributed by atoms with E-state index in [2.05, 4.69) is 25.7 Å². The predicted molar refractivity (Wildman–Crippen MR) is 130 cm³/mol. The second-order valence-electron chi connectivity index (χ2n) is 8.78. The highest BCUT2D eigenvalue weighted by molar-refractivity contribution is 5.75. The van der Waals surface area contributed by atoms with Gasteiger partial charge in [-0.2, -0.15) is 0 Å². The molecule has 0 heterocycles. The van der Waals surface area contributed by atoms with E-state index < -0.39 is 0 Å². The lowest BCUT2D eigenvalue weighted by Crippen LogP contribution is -2.25. The van der Waals surface area contributed by atoms with Crippen LogP contribution in [0.25, 0.3) is 0 Å². The van der Waals surface area contributed by atoms with Crippen molar-refractivity contribution in [3.63, 3.8) is 0 Å². The van der Waals surface area contributed by atoms with Gasteiger partial charge in [0.2, 0.25) is 0 Å². The molecule has 0 bridgehead atoms. The quantitative estimate of drug-likeness (QED) is 0.182. The summed E-state index contributed by atoms with van der Waals surface area (Å²) in [5.74, 6) is 8.57. The van der Waals surface area contributed by atoms with Gasteiger partial charge >= 0.3 is 5.97 Å². The molecule has 0 atom stereocenters. The van der Waals surface area contributed by atoms with E-state index in [0.29, 0.717) is 5.75 Å². The Hall–Kier alpha value is -2.73. The molecule has 1 aliphatic rings. The van der Waals surface area contributed by atoms with Gasteiger partial charge in [-0.25, -0.2) is 0 Å². The summed E-state index contributed by atoms with van der Waals surface area (Å²) in [6.07, 6.45) is 10.2. The van der Waals surface area contributed by atoms with Crippen molar-refractivity contribution in [2.24, 2.45) is 11.8 Å². The van der Waals surface area contributed by atoms with Gasteiger partial charge in [-0.1, -0.05) is 51.4 Å². The fourth-order valence-electron chi connectivity index (χ4n) is 4.22. The van der Waals surface area contributed by atoms with Gasteiger partial charge in [-0.15, -0.1) is 0 Å². The lowest BCUT2D eigenvalue weighted by Gasteiger charge is -2.26. The Bertz CT molecular complexity index is 879. The SMILES string of the molecule is CCCCCOc1ccc(C#Cc2ccc(OC(=O)C3CCC(CCC)CC3)cc2)cc1. The average molecular weight is 433 g/mol. The number of hydrogen-bond acceptors (Lipinski definition) is 3. The fraction of sp³-hybridized carbons (Fsp3) is 0.483. The minimum Gasteiger partial charge on any atom is -0.494 e. The number of carbonyl (C=O) groups is 1. The van der Waals surface area contributed by atoms with Crippen LogP contribution in [0.5, 0.6) is 11.5 Å². The Morgan fingerprint density at radius 2 is 1.41 bits per heavy atom. The second kappa shape index (κ2) is 13.0. The van der Waals surface area contributed by atoms with E-state index in [0.717, 1.165) is 61.5 Å². The van der Waals surface area contributed by atoms with E-state index in [-0.39, 0.29) is 11.9 Å². The zero-order valence-corrected chi connectivity index (χ0v) is 19.6. The van der Waals surface area contributed by atoms with Gasteiger partial charge in [0.1, 0.15) is 11.5 Å². The Morgan fingerprint density at radius 3 is 1.97 bits per heavy atom. The summed E-state index contributed by atoms with van der Waals surface area (Å²) in [7, 11) is 0. The van der Waals surface area contributed by atoms with Crippen molar-refractivity contribution in [1.82, 2.24) is 0 Å². The first-order valence-electron chi connectivity index (χ1n) is 12.2. The lowest BCUT2D eigenvalue weighted by molar-refractivity contribution is -0.140. The predicted octanol–water partition coefficient (Wildman–Crippen LogP) is 7.17. The first-order valence-corrected chi connectivity index (χ1v) is 12.2. The molecule has 0 saturated heterocycles. The molecule has 1 fully saturated rings. The molecule has 0 spiro atoms. The number of benzene rings is 2. The van der Waals surface area contributed by atoms with Crippen LogP contribution in [0, 0.1) is 23.7 Å². The third kappa shape index (κ3) is 7.75. The molecule has 0 N–H and O–H groups in total. The van der Waals surface area contributed by atoms with Crippen molar-refractivity contribution in [1.29, 1.82) is 0 Å². The summed E-state index contributed by atoms with van der Waals surface area (Å²) in [6.45, 7) is 5.18. The third-order valence-corrected chi connectivity index (χ3v) is 6.17. The largest absolute Gasteiger partial charge is 0.494 e. The number of hydrogen-bond donors (Lipinski definition) is 0. The summed E-state index contributed by atoms with van der Waals surface area (Å²) in [5, 5.41) is 0. The molecular formula is C29H36O3. The minimum atomic E-state index is -0.0872. The molecule has 3 rings (SSSR count). The molecule has 2 aromatic carbocycles. The molecule has 1 aliphatic carbocycles. The zero-order chi connectivity index (χ0) is 22.6. The van der Waals surface area contributed by atoms with E-state index in [1.54, 1.807) is 0 Å². The Labute approximate surface area is 193 Å². The van der Waals surface area contributed by atoms with Gasteiger partial charge in [0.05, 0.1) is 12.5 Å². The molecule has 0 unspecified atom stereocenters. The molecule has 0 aromatic heterocycles. The van der Waals surface area contributed by atoms with E-state index in [1.807, 2.05) is 48.5 Å². The first kappa shape index (κ1) is 23.9. The summed E-state index contributed by atoms with van der Waals surface area (Å²) < 4.78 is 11.4. The fourth-order valence-corrected chi connectivity index (χ4v) is 4.22. The summed E-state index contributed by atoms with van der Waals surface area (Å²) in [4.78, 5) is 12.5. The Balaban J connectivity index is 1.47. The molecule has 2 aromatic rings. The zero-order valence-electron chi connectivity index (χ0n) is 19.6. The van der Waals surface area contributed by atoms with Crippen molar-refractivity contribution >= 4 is 5.97 Å². The smallest absolute Gasteiger partial charge is 0.314 e. The summed E-state index contributed by atoms with van der Waals surface area (Å²) >= 11 is 0. The van der Waals surface area contributed by atoms with Gasteiger partial charge in [-0.3, -0.25) is 4.79 Å². The van der Waals surface area contributed by atoms with Crippen LogP contribution in [0.2, 0.25) is 0 Å². The molecule has 32 heavy (non-hydrogen) atoms. The molecular weight excluding hydrogens is 396 g/mol. The molecule has 0 amide bonds. The minimum absolute atomic E-state index is 0.0428. The highest BCUT2D eigenvalue weighted by atomic mass is 16.5. The highest BCUT2D eigenvalue weighted by Gasteiger charge is 2.27. The van der Waals surface area contributed by atoms with Crippen molar-refractivity contribution in [2.75, 3.05) is 6.61 Å². The van der Waals surface area contributed by atoms with Crippen LogP contribution < -0.4 is 9.47 Å². The first-order chi connectivity index (χ1) is 15.7. The van der Waals surface area contributed by atoms with Crippen LogP contribution in [-0.4, -0.2) is 12.6 Å². The lowest BCUT2D eigenvalue weighted by atomic mass is 9.80. The van der Waals surface area contributed by atoms with Gasteiger partial charge in [0.15, 0.2) is 0 Å². The van der Waals surface area contributed by atoms with Gasteiger partial charge in [0.25, 0.3) is 0 Å². The van der Waals surface area contributed by atoms with E-state index in [4.69, 9.17) is 9.47 Å². The van der Waals surface area contributed by atoms with Crippen LogP contribution in [0.15, 0.2) is 48.5 Å². The van der Waals surface area contributed by atoms with Crippen molar-refractivity contribution in [3.05, 3.63) is 59.7 Å². The average Bonchev–Trinajstić information content (AvgIpc) is 2.83. The molecule has 1 saturated carbocycles. The molecule has 170 valence electrons. The highest BCUT2D eigenvalue weighted by Crippen LogP contribution is 2.32. The maximum Gasteiger partial charge on any atom is 0.314 e. The van der Waals surface area contributed by atoms with Crippen LogP contribution in [0.4, 0.5) is 0 Å². The molecule has 3 heteroatoms. The van der Waals surface area contributed by atoms with Crippen molar-refractivity contribution in [3.8, 4) is 23.3 Å². The number of esters is 1. The van der Waals surface area contributed by atoms with Gasteiger partial charge in [-0.05, 0) is 86.6 Å². The molecule has 3 nitrogen and oxygen atoms in total. The number of rotatable bonds is 9. The number of unbranched alkanes of at least 4 members (excludes halogenated alkanes) is 2. The van der Waals surface area contributed by atoms with E-state index in [1.165, 1.54) is 25.7 Å². The second-order valence-corrected chi connectivity index (χ2v) is 8.78. The summed E-state index contributed by atoms with van der Waals surface area (Å²) in [6, 6.07) is 15.4. The number of carbonyl (C=O) groups excluding carboxylic acids is 1. The van der Waals surface area contributed by atoms with Gasteiger partial charge in [0, 0.05) is 11.1 Å². The van der Waals surface area contributed by atoms with Crippen LogP contribution in [0.3, 0.4) is 0 Å². The topological polar surface area (TPSA) is 35.5 Å². The monoisotopic (exact) mass is 432 g/mol. The van der Waals surface area contributed by atoms with Crippen molar-refractivity contribution < 1.29 is 14.3 Å². The van der Waals surface area contributed by atoms with Crippen molar-refractivity contribution in [2.45, 2.75) is 71.6 Å². The van der Waals surface area contributed by atoms with E-state index >= 15 is 0 Å².